The van der Waals surface area contributed by atoms with Crippen molar-refractivity contribution in [3.05, 3.63) is 64.7 Å². The second kappa shape index (κ2) is 7.58. The zero-order valence-electron chi connectivity index (χ0n) is 16.4. The molecular weight excluding hydrogens is 354 g/mol. The third kappa shape index (κ3) is 3.11. The lowest BCUT2D eigenvalue weighted by atomic mass is 9.82. The van der Waals surface area contributed by atoms with Crippen LogP contribution in [0, 0.1) is 0 Å². The van der Waals surface area contributed by atoms with E-state index < -0.39 is 17.1 Å². The molecule has 0 aliphatic heterocycles. The highest BCUT2D eigenvalue weighted by molar-refractivity contribution is 6.34. The lowest BCUT2D eigenvalue weighted by Gasteiger charge is -2.29. The van der Waals surface area contributed by atoms with Crippen LogP contribution in [0.25, 0.3) is 0 Å². The third-order valence-corrected chi connectivity index (χ3v) is 5.27. The van der Waals surface area contributed by atoms with Gasteiger partial charge in [0.2, 0.25) is 17.5 Å². The number of hydrogen-bond acceptors (Lipinski definition) is 4. The van der Waals surface area contributed by atoms with Crippen molar-refractivity contribution in [2.45, 2.75) is 51.5 Å². The van der Waals surface area contributed by atoms with Crippen molar-refractivity contribution in [1.29, 1.82) is 0 Å². The number of nitrogens with one attached hydrogen (secondary N) is 1. The number of carbonyl (C=O) groups excluding carboxylic acids is 3. The van der Waals surface area contributed by atoms with Crippen molar-refractivity contribution < 1.29 is 19.5 Å². The minimum atomic E-state index is -1.92. The minimum absolute atomic E-state index is 0.118. The first-order chi connectivity index (χ1) is 13.3. The van der Waals surface area contributed by atoms with Gasteiger partial charge < -0.3 is 10.4 Å². The highest BCUT2D eigenvalue weighted by Crippen LogP contribution is 2.42. The number of unbranched alkanes of at least 4 members (excludes halogenated alkanes) is 1. The summed E-state index contributed by atoms with van der Waals surface area (Å²) in [7, 11) is 0. The van der Waals surface area contributed by atoms with Gasteiger partial charge in [-0.25, -0.2) is 0 Å². The van der Waals surface area contributed by atoms with Crippen molar-refractivity contribution in [3.8, 4) is 5.75 Å². The molecule has 0 spiro atoms. The predicted octanol–water partition coefficient (Wildman–Crippen LogP) is 4.10. The first-order valence-electron chi connectivity index (χ1n) is 9.66. The molecule has 0 atom stereocenters. The Morgan fingerprint density at radius 2 is 1.68 bits per heavy atom. The largest absolute Gasteiger partial charge is 0.508 e. The van der Waals surface area contributed by atoms with Crippen LogP contribution in [0.15, 0.2) is 42.5 Å². The Hall–Kier alpha value is -2.95. The average molecular weight is 379 g/mol. The topological polar surface area (TPSA) is 83.5 Å². The number of hydrogen-bond donors (Lipinski definition) is 2. The summed E-state index contributed by atoms with van der Waals surface area (Å²) in [6.45, 7) is 5.93. The molecule has 1 aliphatic carbocycles. The fourth-order valence-corrected chi connectivity index (χ4v) is 3.65. The van der Waals surface area contributed by atoms with Crippen LogP contribution in [0.4, 0.5) is 0 Å². The van der Waals surface area contributed by atoms with Crippen LogP contribution in [0.3, 0.4) is 0 Å². The van der Waals surface area contributed by atoms with Crippen molar-refractivity contribution in [3.63, 3.8) is 0 Å². The highest BCUT2D eigenvalue weighted by Gasteiger charge is 2.56. The summed E-state index contributed by atoms with van der Waals surface area (Å²) < 4.78 is 0. The molecule has 0 aromatic heterocycles. The van der Waals surface area contributed by atoms with Crippen molar-refractivity contribution in [2.24, 2.45) is 0 Å². The number of ketones is 2. The molecule has 0 fully saturated rings. The van der Waals surface area contributed by atoms with Crippen molar-refractivity contribution in [1.82, 2.24) is 5.32 Å². The van der Waals surface area contributed by atoms with Crippen LogP contribution in [0.5, 0.6) is 5.75 Å². The molecule has 5 heteroatoms. The number of phenolic OH excluding ortho intramolecular Hbond substituents is 1. The van der Waals surface area contributed by atoms with Gasteiger partial charge in [0.25, 0.3) is 0 Å². The van der Waals surface area contributed by atoms with E-state index in [1.807, 2.05) is 20.8 Å². The highest BCUT2D eigenvalue weighted by atomic mass is 16.3. The summed E-state index contributed by atoms with van der Waals surface area (Å²) in [5, 5.41) is 13.4. The molecular formula is C23H25NO4. The lowest BCUT2D eigenvalue weighted by molar-refractivity contribution is -0.122. The Morgan fingerprint density at radius 3 is 2.18 bits per heavy atom. The normalized spacial score (nSPS) is 15.0. The van der Waals surface area contributed by atoms with Gasteiger partial charge in [-0.05, 0) is 24.0 Å². The van der Waals surface area contributed by atoms with Gasteiger partial charge in [0, 0.05) is 23.1 Å². The maximum Gasteiger partial charge on any atom is 0.221 e. The molecule has 5 nitrogen and oxygen atoms in total. The molecule has 1 aliphatic rings. The second-order valence-electron chi connectivity index (χ2n) is 7.54. The molecule has 2 N–H and O–H groups in total. The summed E-state index contributed by atoms with van der Waals surface area (Å²) in [5.74, 6) is -1.40. The molecule has 0 saturated carbocycles. The van der Waals surface area contributed by atoms with E-state index in [0.717, 1.165) is 12.0 Å². The average Bonchev–Trinajstić information content (AvgIpc) is 2.89. The first-order valence-corrected chi connectivity index (χ1v) is 9.66. The summed E-state index contributed by atoms with van der Waals surface area (Å²) >= 11 is 0. The fraction of sp³-hybridized carbons (Fsp3) is 0.348. The van der Waals surface area contributed by atoms with E-state index in [2.05, 4.69) is 5.32 Å². The summed E-state index contributed by atoms with van der Waals surface area (Å²) in [6.07, 6.45) is 1.67. The quantitative estimate of drug-likeness (QED) is 0.740. The second-order valence-corrected chi connectivity index (χ2v) is 7.54. The van der Waals surface area contributed by atoms with Gasteiger partial charge in [-0.1, -0.05) is 63.6 Å². The van der Waals surface area contributed by atoms with E-state index in [0.29, 0.717) is 6.42 Å². The predicted molar refractivity (Wildman–Crippen MR) is 107 cm³/mol. The monoisotopic (exact) mass is 379 g/mol. The molecule has 0 unspecified atom stereocenters. The van der Waals surface area contributed by atoms with Crippen molar-refractivity contribution >= 4 is 17.5 Å². The number of Topliss-reactive ketones (excluding diaryl/α,β-unsaturated/α-hetero) is 2. The smallest absolute Gasteiger partial charge is 0.221 e. The minimum Gasteiger partial charge on any atom is -0.508 e. The van der Waals surface area contributed by atoms with E-state index in [1.54, 1.807) is 42.5 Å². The number of fused-ring (bicyclic) bond motifs is 1. The van der Waals surface area contributed by atoms with E-state index in [1.165, 1.54) is 0 Å². The number of benzene rings is 2. The van der Waals surface area contributed by atoms with E-state index in [4.69, 9.17) is 0 Å². The molecule has 2 aromatic rings. The number of amides is 1. The van der Waals surface area contributed by atoms with E-state index in [9.17, 15) is 19.5 Å². The van der Waals surface area contributed by atoms with Crippen LogP contribution in [-0.2, 0) is 10.3 Å². The molecule has 2 aromatic carbocycles. The van der Waals surface area contributed by atoms with Gasteiger partial charge in [-0.3, -0.25) is 14.4 Å². The van der Waals surface area contributed by atoms with Gasteiger partial charge in [0.1, 0.15) is 5.75 Å². The van der Waals surface area contributed by atoms with Gasteiger partial charge in [-0.15, -0.1) is 0 Å². The Morgan fingerprint density at radius 1 is 1.07 bits per heavy atom. The maximum atomic E-state index is 13.4. The fourth-order valence-electron chi connectivity index (χ4n) is 3.65. The summed E-state index contributed by atoms with van der Waals surface area (Å²) in [5.41, 5.74) is -0.406. The number of carbonyl (C=O) groups is 3. The maximum absolute atomic E-state index is 13.4. The van der Waals surface area contributed by atoms with E-state index >= 15 is 0 Å². The van der Waals surface area contributed by atoms with Crippen LogP contribution in [0.2, 0.25) is 0 Å². The number of aromatic hydroxyl groups is 1. The molecule has 0 radical (unpaired) electrons. The van der Waals surface area contributed by atoms with E-state index in [-0.39, 0.29) is 40.7 Å². The third-order valence-electron chi connectivity index (χ3n) is 5.27. The molecule has 146 valence electrons. The number of rotatable bonds is 6. The lowest BCUT2D eigenvalue weighted by Crippen LogP contribution is -2.54. The van der Waals surface area contributed by atoms with Crippen LogP contribution in [-0.4, -0.2) is 22.6 Å². The Kier molecular flexibility index (Phi) is 5.36. The number of phenols is 1. The molecule has 0 bridgehead atoms. The first kappa shape index (κ1) is 19.8. The standard InChI is InChI=1S/C23H25NO4/c1-4-5-10-20(26)24-23(18-12-11-15(14(2)3)13-19(18)25)21(27)16-8-6-7-9-17(16)22(23)28/h6-9,11-14,25H,4-5,10H2,1-3H3,(H,24,26). The summed E-state index contributed by atoms with van der Waals surface area (Å²) in [4.78, 5) is 39.3. The Balaban J connectivity index is 2.16. The molecule has 0 saturated heterocycles. The van der Waals surface area contributed by atoms with Gasteiger partial charge >= 0.3 is 0 Å². The zero-order valence-corrected chi connectivity index (χ0v) is 16.4. The molecule has 0 heterocycles. The SMILES string of the molecule is CCCCC(=O)NC1(c2ccc(C(C)C)cc2O)C(=O)c2ccccc2C1=O. The van der Waals surface area contributed by atoms with Crippen LogP contribution < -0.4 is 5.32 Å². The molecule has 3 rings (SSSR count). The van der Waals surface area contributed by atoms with Crippen LogP contribution in [0.1, 0.15) is 77.8 Å². The van der Waals surface area contributed by atoms with Gasteiger partial charge in [0.05, 0.1) is 0 Å². The summed E-state index contributed by atoms with van der Waals surface area (Å²) in [6, 6.07) is 11.4. The van der Waals surface area contributed by atoms with Gasteiger partial charge in [0.15, 0.2) is 5.54 Å². The van der Waals surface area contributed by atoms with Gasteiger partial charge in [-0.2, -0.15) is 0 Å². The molecule has 1 amide bonds. The molecule has 28 heavy (non-hydrogen) atoms. The van der Waals surface area contributed by atoms with Crippen LogP contribution >= 0.6 is 0 Å². The van der Waals surface area contributed by atoms with Crippen molar-refractivity contribution in [2.75, 3.05) is 0 Å². The Labute approximate surface area is 164 Å². The Bertz CT molecular complexity index is 910. The zero-order chi connectivity index (χ0) is 20.5.